The smallest absolute Gasteiger partial charge is 0.175 e. The third kappa shape index (κ3) is 4.60. The Labute approximate surface area is 198 Å². The quantitative estimate of drug-likeness (QED) is 0.300. The maximum Gasteiger partial charge on any atom is 0.175 e. The van der Waals surface area contributed by atoms with Gasteiger partial charge in [-0.1, -0.05) is 60.8 Å². The van der Waals surface area contributed by atoms with Gasteiger partial charge in [0.05, 0.1) is 22.0 Å². The first kappa shape index (κ1) is 22.6. The molecule has 4 nitrogen and oxygen atoms in total. The van der Waals surface area contributed by atoms with Crippen molar-refractivity contribution in [3.05, 3.63) is 88.4 Å². The Balaban J connectivity index is 1.98. The topological polar surface area (TPSA) is 52.0 Å². The highest BCUT2D eigenvalue weighted by molar-refractivity contribution is 7.90. The number of sulfone groups is 1. The zero-order chi connectivity index (χ0) is 22.9. The molecule has 0 fully saturated rings. The van der Waals surface area contributed by atoms with E-state index in [-0.39, 0.29) is 4.90 Å². The van der Waals surface area contributed by atoms with Gasteiger partial charge in [0.1, 0.15) is 0 Å². The Morgan fingerprint density at radius 3 is 1.84 bits per heavy atom. The van der Waals surface area contributed by atoms with E-state index in [1.807, 2.05) is 53.2 Å². The molecular formula is C25H22Cl2N2O2S. The Kier molecular flexibility index (Phi) is 6.42. The fourth-order valence-electron chi connectivity index (χ4n) is 3.70. The summed E-state index contributed by atoms with van der Waals surface area (Å²) in [5, 5.41) is 6.31. The monoisotopic (exact) mass is 484 g/mol. The van der Waals surface area contributed by atoms with Gasteiger partial charge in [0.2, 0.25) is 0 Å². The first-order valence-electron chi connectivity index (χ1n) is 10.2. The second-order valence-corrected chi connectivity index (χ2v) is 10.5. The largest absolute Gasteiger partial charge is 0.232 e. The molecular weight excluding hydrogens is 463 g/mol. The summed E-state index contributed by atoms with van der Waals surface area (Å²) >= 11 is 12.2. The lowest BCUT2D eigenvalue weighted by Crippen LogP contribution is -2.02. The lowest BCUT2D eigenvalue weighted by Gasteiger charge is -2.11. The van der Waals surface area contributed by atoms with Crippen LogP contribution in [0.1, 0.15) is 18.9 Å². The number of halogens is 2. The van der Waals surface area contributed by atoms with Crippen molar-refractivity contribution in [1.29, 1.82) is 0 Å². The van der Waals surface area contributed by atoms with E-state index >= 15 is 0 Å². The molecule has 0 unspecified atom stereocenters. The lowest BCUT2D eigenvalue weighted by molar-refractivity contribution is 0.602. The first-order valence-corrected chi connectivity index (χ1v) is 12.9. The highest BCUT2D eigenvalue weighted by Crippen LogP contribution is 2.36. The highest BCUT2D eigenvalue weighted by atomic mass is 35.5. The van der Waals surface area contributed by atoms with Crippen molar-refractivity contribution < 1.29 is 8.42 Å². The van der Waals surface area contributed by atoms with Crippen LogP contribution in [0.4, 0.5) is 0 Å². The van der Waals surface area contributed by atoms with E-state index in [4.69, 9.17) is 28.3 Å². The van der Waals surface area contributed by atoms with Gasteiger partial charge in [0.15, 0.2) is 9.84 Å². The van der Waals surface area contributed by atoms with E-state index in [1.165, 1.54) is 6.26 Å². The molecule has 0 amide bonds. The van der Waals surface area contributed by atoms with E-state index in [2.05, 4.69) is 6.92 Å². The molecule has 0 radical (unpaired) electrons. The summed E-state index contributed by atoms with van der Waals surface area (Å²) in [5.74, 6) is 0. The van der Waals surface area contributed by atoms with Crippen molar-refractivity contribution in [1.82, 2.24) is 9.78 Å². The van der Waals surface area contributed by atoms with Crippen molar-refractivity contribution in [3.63, 3.8) is 0 Å². The number of benzene rings is 3. The number of aromatic nitrogens is 2. The number of nitrogens with zero attached hydrogens (tertiary/aromatic N) is 2. The predicted octanol–water partition coefficient (Wildman–Crippen LogP) is 6.87. The third-order valence-corrected chi connectivity index (χ3v) is 6.86. The van der Waals surface area contributed by atoms with Crippen molar-refractivity contribution in [2.45, 2.75) is 24.7 Å². The molecule has 1 heterocycles. The molecule has 0 spiro atoms. The molecule has 4 aromatic rings. The zero-order valence-electron chi connectivity index (χ0n) is 17.7. The second kappa shape index (κ2) is 9.10. The lowest BCUT2D eigenvalue weighted by atomic mass is 9.98. The predicted molar refractivity (Wildman–Crippen MR) is 132 cm³/mol. The Hall–Kier alpha value is -2.60. The van der Waals surface area contributed by atoms with Crippen LogP contribution < -0.4 is 0 Å². The Bertz CT molecular complexity index is 1340. The highest BCUT2D eigenvalue weighted by Gasteiger charge is 2.21. The molecule has 0 atom stereocenters. The van der Waals surface area contributed by atoms with E-state index in [9.17, 15) is 8.42 Å². The maximum atomic E-state index is 11.9. The first-order chi connectivity index (χ1) is 15.3. The van der Waals surface area contributed by atoms with E-state index in [0.29, 0.717) is 10.0 Å². The summed E-state index contributed by atoms with van der Waals surface area (Å²) in [6.45, 7) is 2.13. The van der Waals surface area contributed by atoms with E-state index in [1.54, 1.807) is 24.3 Å². The van der Waals surface area contributed by atoms with E-state index < -0.39 is 9.84 Å². The molecule has 0 saturated heterocycles. The Morgan fingerprint density at radius 2 is 1.34 bits per heavy atom. The average Bonchev–Trinajstić information content (AvgIpc) is 3.14. The fourth-order valence-corrected chi connectivity index (χ4v) is 4.58. The van der Waals surface area contributed by atoms with Crippen LogP contribution >= 0.6 is 23.2 Å². The van der Waals surface area contributed by atoms with Gasteiger partial charge >= 0.3 is 0 Å². The number of hydrogen-bond donors (Lipinski definition) is 0. The summed E-state index contributed by atoms with van der Waals surface area (Å²) < 4.78 is 25.7. The SMILES string of the molecule is CCCc1c(-c2ccc(Cl)cc2)nn(-c2ccc(S(C)(=O)=O)cc2)c1-c1ccc(Cl)cc1. The molecule has 3 aromatic carbocycles. The molecule has 0 bridgehead atoms. The minimum Gasteiger partial charge on any atom is -0.232 e. The number of rotatable bonds is 6. The summed E-state index contributed by atoms with van der Waals surface area (Å²) in [6, 6.07) is 22.1. The molecule has 1 aromatic heterocycles. The van der Waals surface area contributed by atoms with Crippen molar-refractivity contribution in [3.8, 4) is 28.2 Å². The van der Waals surface area contributed by atoms with Crippen LogP contribution in [0.15, 0.2) is 77.7 Å². The van der Waals surface area contributed by atoms with Gasteiger partial charge in [-0.05, 0) is 55.0 Å². The molecule has 0 N–H and O–H groups in total. The van der Waals surface area contributed by atoms with Crippen LogP contribution in [0, 0.1) is 0 Å². The molecule has 0 aliphatic carbocycles. The van der Waals surface area contributed by atoms with Crippen LogP contribution in [0.2, 0.25) is 10.0 Å². The van der Waals surface area contributed by atoms with Crippen molar-refractivity contribution >= 4 is 33.0 Å². The van der Waals surface area contributed by atoms with Gasteiger partial charge in [-0.25, -0.2) is 13.1 Å². The van der Waals surface area contributed by atoms with Crippen LogP contribution in [0.25, 0.3) is 28.2 Å². The maximum absolute atomic E-state index is 11.9. The molecule has 4 rings (SSSR count). The van der Waals surface area contributed by atoms with Crippen LogP contribution in [-0.2, 0) is 16.3 Å². The molecule has 0 aliphatic rings. The van der Waals surface area contributed by atoms with Gasteiger partial charge in [-0.2, -0.15) is 5.10 Å². The molecule has 164 valence electrons. The van der Waals surface area contributed by atoms with Gasteiger partial charge < -0.3 is 0 Å². The summed E-state index contributed by atoms with van der Waals surface area (Å²) in [6.07, 6.45) is 2.98. The molecule has 32 heavy (non-hydrogen) atoms. The molecule has 7 heteroatoms. The minimum absolute atomic E-state index is 0.271. The average molecular weight is 485 g/mol. The van der Waals surface area contributed by atoms with Crippen molar-refractivity contribution in [2.24, 2.45) is 0 Å². The van der Waals surface area contributed by atoms with Crippen LogP contribution in [0.3, 0.4) is 0 Å². The minimum atomic E-state index is -3.28. The zero-order valence-corrected chi connectivity index (χ0v) is 20.0. The summed E-state index contributed by atoms with van der Waals surface area (Å²) in [4.78, 5) is 0.271. The van der Waals surface area contributed by atoms with E-state index in [0.717, 1.165) is 46.6 Å². The fraction of sp³-hybridized carbons (Fsp3) is 0.160. The van der Waals surface area contributed by atoms with Gasteiger partial charge in [0.25, 0.3) is 0 Å². The Morgan fingerprint density at radius 1 is 0.812 bits per heavy atom. The van der Waals surface area contributed by atoms with Gasteiger partial charge in [-0.15, -0.1) is 0 Å². The summed E-state index contributed by atoms with van der Waals surface area (Å²) in [5.41, 5.74) is 5.68. The van der Waals surface area contributed by atoms with Crippen LogP contribution in [0.5, 0.6) is 0 Å². The summed E-state index contributed by atoms with van der Waals surface area (Å²) in [7, 11) is -3.28. The van der Waals surface area contributed by atoms with Crippen LogP contribution in [-0.4, -0.2) is 24.5 Å². The molecule has 0 saturated carbocycles. The van der Waals surface area contributed by atoms with Gasteiger partial charge in [0, 0.05) is 33.0 Å². The van der Waals surface area contributed by atoms with Crippen molar-refractivity contribution in [2.75, 3.05) is 6.26 Å². The standard InChI is InChI=1S/C25H22Cl2N2O2S/c1-3-4-23-24(17-5-9-19(26)10-6-17)28-29(25(23)18-7-11-20(27)12-8-18)21-13-15-22(16-14-21)32(2,30)31/h5-16H,3-4H2,1-2H3. The second-order valence-electron chi connectivity index (χ2n) is 7.62. The molecule has 0 aliphatic heterocycles. The third-order valence-electron chi connectivity index (χ3n) is 5.23. The number of hydrogen-bond acceptors (Lipinski definition) is 3. The normalized spacial score (nSPS) is 11.6. The van der Waals surface area contributed by atoms with Gasteiger partial charge in [-0.3, -0.25) is 0 Å².